The Bertz CT molecular complexity index is 334. The van der Waals surface area contributed by atoms with Crippen molar-refractivity contribution in [3.63, 3.8) is 0 Å². The first-order valence-corrected chi connectivity index (χ1v) is 6.44. The zero-order valence-electron chi connectivity index (χ0n) is 8.92. The van der Waals surface area contributed by atoms with Gasteiger partial charge in [0.2, 0.25) is 0 Å². The average Bonchev–Trinajstić information content (AvgIpc) is 2.26. The Morgan fingerprint density at radius 2 is 2.07 bits per heavy atom. The Balaban J connectivity index is 2.06. The third-order valence-corrected chi connectivity index (χ3v) is 4.02. The first-order chi connectivity index (χ1) is 7.27. The summed E-state index contributed by atoms with van der Waals surface area (Å²) in [5.74, 6) is 0. The van der Waals surface area contributed by atoms with E-state index in [9.17, 15) is 0 Å². The summed E-state index contributed by atoms with van der Waals surface area (Å²) >= 11 is 2.38. The molecule has 0 aliphatic carbocycles. The summed E-state index contributed by atoms with van der Waals surface area (Å²) in [5.41, 5.74) is 2.62. The minimum Gasteiger partial charge on any atom is -0.382 e. The topological polar surface area (TPSA) is 21.3 Å². The molecule has 82 valence electrons. The minimum absolute atomic E-state index is 0.579. The zero-order chi connectivity index (χ0) is 10.7. The third kappa shape index (κ3) is 2.84. The van der Waals surface area contributed by atoms with Crippen LogP contribution in [0.3, 0.4) is 0 Å². The van der Waals surface area contributed by atoms with Crippen LogP contribution in [0.2, 0.25) is 0 Å². The lowest BCUT2D eigenvalue weighted by molar-refractivity contribution is 0.0904. The highest BCUT2D eigenvalue weighted by molar-refractivity contribution is 14.1. The van der Waals surface area contributed by atoms with Crippen LogP contribution in [0.5, 0.6) is 0 Å². The smallest absolute Gasteiger partial charge is 0.0485 e. The number of anilines is 1. The van der Waals surface area contributed by atoms with Crippen LogP contribution in [-0.4, -0.2) is 19.3 Å². The highest BCUT2D eigenvalue weighted by Gasteiger charge is 2.14. The molecule has 1 N–H and O–H groups in total. The highest BCUT2D eigenvalue weighted by atomic mass is 127. The molecule has 1 heterocycles. The van der Waals surface area contributed by atoms with Gasteiger partial charge < -0.3 is 10.1 Å². The van der Waals surface area contributed by atoms with E-state index in [1.807, 2.05) is 0 Å². The molecule has 15 heavy (non-hydrogen) atoms. The van der Waals surface area contributed by atoms with Crippen molar-refractivity contribution in [3.8, 4) is 0 Å². The number of benzene rings is 1. The Kier molecular flexibility index (Phi) is 3.86. The van der Waals surface area contributed by atoms with Gasteiger partial charge in [-0.1, -0.05) is 6.07 Å². The van der Waals surface area contributed by atoms with Crippen LogP contribution < -0.4 is 5.32 Å². The number of hydrogen-bond donors (Lipinski definition) is 1. The van der Waals surface area contributed by atoms with Gasteiger partial charge in [0.15, 0.2) is 0 Å². The van der Waals surface area contributed by atoms with E-state index >= 15 is 0 Å². The van der Waals surface area contributed by atoms with Crippen molar-refractivity contribution in [1.29, 1.82) is 0 Å². The SMILES string of the molecule is Cc1c(I)cccc1NC1CCOCC1. The van der Waals surface area contributed by atoms with Gasteiger partial charge >= 0.3 is 0 Å². The highest BCUT2D eigenvalue weighted by Crippen LogP contribution is 2.22. The predicted molar refractivity (Wildman–Crippen MR) is 71.4 cm³/mol. The quantitative estimate of drug-likeness (QED) is 0.846. The van der Waals surface area contributed by atoms with Crippen molar-refractivity contribution >= 4 is 28.3 Å². The van der Waals surface area contributed by atoms with Gasteiger partial charge in [-0.05, 0) is 60.1 Å². The lowest BCUT2D eigenvalue weighted by atomic mass is 10.1. The van der Waals surface area contributed by atoms with Crippen LogP contribution in [0.4, 0.5) is 5.69 Å². The van der Waals surface area contributed by atoms with E-state index in [2.05, 4.69) is 53.0 Å². The Morgan fingerprint density at radius 1 is 1.33 bits per heavy atom. The van der Waals surface area contributed by atoms with Crippen molar-refractivity contribution in [2.75, 3.05) is 18.5 Å². The van der Waals surface area contributed by atoms with Crippen LogP contribution in [0.1, 0.15) is 18.4 Å². The first kappa shape index (κ1) is 11.2. The van der Waals surface area contributed by atoms with Gasteiger partial charge in [0.05, 0.1) is 0 Å². The van der Waals surface area contributed by atoms with Gasteiger partial charge in [-0.2, -0.15) is 0 Å². The molecule has 1 aromatic carbocycles. The molecule has 1 aliphatic heterocycles. The normalized spacial score (nSPS) is 17.7. The Hall–Kier alpha value is -0.290. The maximum Gasteiger partial charge on any atom is 0.0485 e. The standard InChI is InChI=1S/C12H16INO/c1-9-11(13)3-2-4-12(9)14-10-5-7-15-8-6-10/h2-4,10,14H,5-8H2,1H3. The van der Waals surface area contributed by atoms with Crippen LogP contribution in [0.25, 0.3) is 0 Å². The van der Waals surface area contributed by atoms with E-state index in [4.69, 9.17) is 4.74 Å². The summed E-state index contributed by atoms with van der Waals surface area (Å²) < 4.78 is 6.67. The molecule has 0 saturated carbocycles. The number of hydrogen-bond acceptors (Lipinski definition) is 2. The van der Waals surface area contributed by atoms with Crippen LogP contribution in [-0.2, 0) is 4.74 Å². The number of nitrogens with one attached hydrogen (secondary N) is 1. The lowest BCUT2D eigenvalue weighted by Crippen LogP contribution is -2.28. The summed E-state index contributed by atoms with van der Waals surface area (Å²) in [6.45, 7) is 3.95. The molecule has 0 aromatic heterocycles. The van der Waals surface area contributed by atoms with Crippen LogP contribution in [0.15, 0.2) is 18.2 Å². The zero-order valence-corrected chi connectivity index (χ0v) is 11.1. The van der Waals surface area contributed by atoms with E-state index in [0.29, 0.717) is 6.04 Å². The van der Waals surface area contributed by atoms with Gasteiger partial charge in [-0.25, -0.2) is 0 Å². The summed E-state index contributed by atoms with van der Waals surface area (Å²) in [7, 11) is 0. The summed E-state index contributed by atoms with van der Waals surface area (Å²) in [4.78, 5) is 0. The second-order valence-corrected chi connectivity index (χ2v) is 5.11. The number of ether oxygens (including phenoxy) is 1. The molecule has 0 amide bonds. The second-order valence-electron chi connectivity index (χ2n) is 3.94. The molecule has 1 aliphatic rings. The fraction of sp³-hybridized carbons (Fsp3) is 0.500. The predicted octanol–water partition coefficient (Wildman–Crippen LogP) is 3.19. The van der Waals surface area contributed by atoms with Crippen molar-refractivity contribution in [2.45, 2.75) is 25.8 Å². The molecule has 0 bridgehead atoms. The van der Waals surface area contributed by atoms with E-state index in [-0.39, 0.29) is 0 Å². The maximum atomic E-state index is 5.35. The largest absolute Gasteiger partial charge is 0.382 e. The van der Waals surface area contributed by atoms with E-state index < -0.39 is 0 Å². The lowest BCUT2D eigenvalue weighted by Gasteiger charge is -2.25. The average molecular weight is 317 g/mol. The monoisotopic (exact) mass is 317 g/mol. The second kappa shape index (κ2) is 5.16. The fourth-order valence-corrected chi connectivity index (χ4v) is 2.32. The molecular formula is C12H16INO. The summed E-state index contributed by atoms with van der Waals surface area (Å²) in [6, 6.07) is 6.99. The van der Waals surface area contributed by atoms with Gasteiger partial charge in [-0.15, -0.1) is 0 Å². The Morgan fingerprint density at radius 3 is 2.80 bits per heavy atom. The summed E-state index contributed by atoms with van der Waals surface area (Å²) in [5, 5.41) is 3.61. The molecule has 1 aromatic rings. The van der Waals surface area contributed by atoms with Crippen LogP contribution in [0, 0.1) is 10.5 Å². The molecular weight excluding hydrogens is 301 g/mol. The van der Waals surface area contributed by atoms with Crippen molar-refractivity contribution < 1.29 is 4.74 Å². The molecule has 0 radical (unpaired) electrons. The van der Waals surface area contributed by atoms with Crippen molar-refractivity contribution in [1.82, 2.24) is 0 Å². The van der Waals surface area contributed by atoms with Gasteiger partial charge in [-0.3, -0.25) is 0 Å². The maximum absolute atomic E-state index is 5.35. The molecule has 1 fully saturated rings. The van der Waals surface area contributed by atoms with E-state index in [1.165, 1.54) is 14.8 Å². The molecule has 0 spiro atoms. The Labute approximate surface area is 105 Å². The van der Waals surface area contributed by atoms with Crippen molar-refractivity contribution in [2.24, 2.45) is 0 Å². The van der Waals surface area contributed by atoms with Gasteiger partial charge in [0.1, 0.15) is 0 Å². The van der Waals surface area contributed by atoms with Gasteiger partial charge in [0, 0.05) is 28.5 Å². The van der Waals surface area contributed by atoms with Crippen LogP contribution >= 0.6 is 22.6 Å². The number of rotatable bonds is 2. The van der Waals surface area contributed by atoms with E-state index in [1.54, 1.807) is 0 Å². The summed E-state index contributed by atoms with van der Waals surface area (Å²) in [6.07, 6.45) is 2.23. The molecule has 1 saturated heterocycles. The molecule has 3 heteroatoms. The molecule has 0 unspecified atom stereocenters. The third-order valence-electron chi connectivity index (χ3n) is 2.85. The molecule has 2 rings (SSSR count). The van der Waals surface area contributed by atoms with E-state index in [0.717, 1.165) is 26.1 Å². The molecule has 2 nitrogen and oxygen atoms in total. The van der Waals surface area contributed by atoms with Gasteiger partial charge in [0.25, 0.3) is 0 Å². The molecule has 0 atom stereocenters. The van der Waals surface area contributed by atoms with Crippen molar-refractivity contribution in [3.05, 3.63) is 27.3 Å². The fourth-order valence-electron chi connectivity index (χ4n) is 1.83. The first-order valence-electron chi connectivity index (χ1n) is 5.37. The number of halogens is 1. The minimum atomic E-state index is 0.579.